The Bertz CT molecular complexity index is 481. The molecule has 1 heterocycles. The third-order valence-corrected chi connectivity index (χ3v) is 3.57. The summed E-state index contributed by atoms with van der Waals surface area (Å²) in [6, 6.07) is 0. The molecule has 0 aromatic carbocycles. The zero-order valence-corrected chi connectivity index (χ0v) is 11.0. The molecule has 0 bridgehead atoms. The van der Waals surface area contributed by atoms with Crippen molar-refractivity contribution in [3.05, 3.63) is 16.1 Å². The fraction of sp³-hybridized carbons (Fsp3) is 0.556. The second kappa shape index (κ2) is 6.08. The SMILES string of the molecule is CCOC(=O)CCc1csc(CS(N)(=O)=O)n1. The van der Waals surface area contributed by atoms with Gasteiger partial charge in [-0.1, -0.05) is 0 Å². The highest BCUT2D eigenvalue weighted by Crippen LogP contribution is 2.13. The van der Waals surface area contributed by atoms with E-state index in [9.17, 15) is 13.2 Å². The van der Waals surface area contributed by atoms with Crippen molar-refractivity contribution in [2.45, 2.75) is 25.5 Å². The highest BCUT2D eigenvalue weighted by molar-refractivity contribution is 7.88. The first-order valence-corrected chi connectivity index (χ1v) is 7.59. The lowest BCUT2D eigenvalue weighted by atomic mass is 10.2. The van der Waals surface area contributed by atoms with Gasteiger partial charge >= 0.3 is 5.97 Å². The maximum Gasteiger partial charge on any atom is 0.306 e. The molecule has 0 spiro atoms. The second-order valence-electron chi connectivity index (χ2n) is 3.34. The number of carbonyl (C=O) groups excluding carboxylic acids is 1. The van der Waals surface area contributed by atoms with Crippen LogP contribution in [0.3, 0.4) is 0 Å². The molecule has 0 aliphatic carbocycles. The van der Waals surface area contributed by atoms with E-state index in [0.717, 1.165) is 0 Å². The number of esters is 1. The van der Waals surface area contributed by atoms with Crippen LogP contribution in [0.1, 0.15) is 24.0 Å². The summed E-state index contributed by atoms with van der Waals surface area (Å²) in [6.07, 6.45) is 0.687. The van der Waals surface area contributed by atoms with Gasteiger partial charge in [0.1, 0.15) is 10.8 Å². The Hall–Kier alpha value is -0.990. The lowest BCUT2D eigenvalue weighted by Gasteiger charge is -1.99. The Kier molecular flexibility index (Phi) is 5.03. The van der Waals surface area contributed by atoms with Gasteiger partial charge in [0.2, 0.25) is 10.0 Å². The molecular formula is C9H14N2O4S2. The van der Waals surface area contributed by atoms with Gasteiger partial charge in [0.15, 0.2) is 0 Å². The molecule has 1 rings (SSSR count). The minimum Gasteiger partial charge on any atom is -0.466 e. The van der Waals surface area contributed by atoms with Crippen LogP contribution in [0.15, 0.2) is 5.38 Å². The van der Waals surface area contributed by atoms with E-state index in [4.69, 9.17) is 9.88 Å². The number of sulfonamides is 1. The van der Waals surface area contributed by atoms with Crippen molar-refractivity contribution in [1.29, 1.82) is 0 Å². The van der Waals surface area contributed by atoms with Crippen LogP contribution in [0.5, 0.6) is 0 Å². The van der Waals surface area contributed by atoms with E-state index < -0.39 is 10.0 Å². The van der Waals surface area contributed by atoms with Crippen LogP contribution >= 0.6 is 11.3 Å². The van der Waals surface area contributed by atoms with Gasteiger partial charge in [0, 0.05) is 11.8 Å². The predicted molar refractivity (Wildman–Crippen MR) is 63.9 cm³/mol. The Morgan fingerprint density at radius 3 is 2.88 bits per heavy atom. The van der Waals surface area contributed by atoms with Gasteiger partial charge in [0.25, 0.3) is 0 Å². The van der Waals surface area contributed by atoms with E-state index in [-0.39, 0.29) is 18.1 Å². The lowest BCUT2D eigenvalue weighted by molar-refractivity contribution is -0.143. The van der Waals surface area contributed by atoms with Gasteiger partial charge in [-0.2, -0.15) is 0 Å². The van der Waals surface area contributed by atoms with Crippen LogP contribution < -0.4 is 5.14 Å². The number of hydrogen-bond acceptors (Lipinski definition) is 6. The standard InChI is InChI=1S/C9H14N2O4S2/c1-2-15-9(12)4-3-7-5-16-8(11-7)6-17(10,13)14/h5H,2-4,6H2,1H3,(H2,10,13,14). The number of hydrogen-bond donors (Lipinski definition) is 1. The quantitative estimate of drug-likeness (QED) is 0.760. The first-order valence-electron chi connectivity index (χ1n) is 5.00. The Balaban J connectivity index is 2.49. The minimum atomic E-state index is -3.55. The monoisotopic (exact) mass is 278 g/mol. The van der Waals surface area contributed by atoms with Gasteiger partial charge in [-0.05, 0) is 6.92 Å². The molecule has 0 amide bonds. The molecule has 6 nitrogen and oxygen atoms in total. The number of aromatic nitrogens is 1. The van der Waals surface area contributed by atoms with Gasteiger partial charge in [-0.3, -0.25) is 4.79 Å². The second-order valence-corrected chi connectivity index (χ2v) is 5.90. The van der Waals surface area contributed by atoms with E-state index in [1.54, 1.807) is 12.3 Å². The summed E-state index contributed by atoms with van der Waals surface area (Å²) in [7, 11) is -3.55. The average Bonchev–Trinajstić information content (AvgIpc) is 2.60. The molecule has 1 aromatic heterocycles. The molecular weight excluding hydrogens is 264 g/mol. The normalized spacial score (nSPS) is 11.4. The number of rotatable bonds is 6. The van der Waals surface area contributed by atoms with Crippen molar-refractivity contribution >= 4 is 27.3 Å². The topological polar surface area (TPSA) is 99.4 Å². The van der Waals surface area contributed by atoms with E-state index in [1.165, 1.54) is 11.3 Å². The fourth-order valence-corrected chi connectivity index (χ4v) is 2.95. The summed E-state index contributed by atoms with van der Waals surface area (Å²) in [5, 5.41) is 7.06. The van der Waals surface area contributed by atoms with Gasteiger partial charge < -0.3 is 4.74 Å². The molecule has 0 saturated carbocycles. The molecule has 0 atom stereocenters. The first-order chi connectivity index (χ1) is 7.90. The summed E-state index contributed by atoms with van der Waals surface area (Å²) in [5.41, 5.74) is 0.682. The summed E-state index contributed by atoms with van der Waals surface area (Å²) >= 11 is 1.22. The van der Waals surface area contributed by atoms with Crippen LogP contribution in [0.2, 0.25) is 0 Å². The highest BCUT2D eigenvalue weighted by Gasteiger charge is 2.10. The number of primary sulfonamides is 1. The summed E-state index contributed by atoms with van der Waals surface area (Å²) < 4.78 is 26.4. The van der Waals surface area contributed by atoms with Crippen molar-refractivity contribution in [2.75, 3.05) is 6.61 Å². The van der Waals surface area contributed by atoms with Gasteiger partial charge in [-0.15, -0.1) is 11.3 Å². The van der Waals surface area contributed by atoms with Gasteiger partial charge in [-0.25, -0.2) is 18.5 Å². The van der Waals surface area contributed by atoms with E-state index in [2.05, 4.69) is 4.98 Å². The molecule has 0 unspecified atom stereocenters. The Labute approximate surface area is 104 Å². The highest BCUT2D eigenvalue weighted by atomic mass is 32.2. The molecule has 2 N–H and O–H groups in total. The fourth-order valence-electron chi connectivity index (χ4n) is 1.17. The van der Waals surface area contributed by atoms with Crippen LogP contribution in [0.4, 0.5) is 0 Å². The van der Waals surface area contributed by atoms with Crippen LogP contribution in [-0.2, 0) is 31.7 Å². The minimum absolute atomic E-state index is 0.242. The van der Waals surface area contributed by atoms with Crippen molar-refractivity contribution in [1.82, 2.24) is 4.98 Å². The number of aryl methyl sites for hydroxylation is 1. The van der Waals surface area contributed by atoms with Crippen LogP contribution in [0, 0.1) is 0 Å². The molecule has 0 saturated heterocycles. The third-order valence-electron chi connectivity index (χ3n) is 1.81. The molecule has 8 heteroatoms. The molecule has 0 aliphatic heterocycles. The maximum atomic E-state index is 11.1. The number of carbonyl (C=O) groups is 1. The zero-order valence-electron chi connectivity index (χ0n) is 9.38. The smallest absolute Gasteiger partial charge is 0.306 e. The molecule has 0 fully saturated rings. The van der Waals surface area contributed by atoms with Crippen molar-refractivity contribution < 1.29 is 17.9 Å². The number of nitrogens with zero attached hydrogens (tertiary/aromatic N) is 1. The summed E-state index contributed by atoms with van der Waals surface area (Å²) in [6.45, 7) is 2.09. The third kappa shape index (κ3) is 5.76. The van der Waals surface area contributed by atoms with Crippen molar-refractivity contribution in [3.63, 3.8) is 0 Å². The summed E-state index contributed by atoms with van der Waals surface area (Å²) in [5.74, 6) is -0.551. The molecule has 0 radical (unpaired) electrons. The maximum absolute atomic E-state index is 11.1. The molecule has 17 heavy (non-hydrogen) atoms. The predicted octanol–water partition coefficient (Wildman–Crippen LogP) is 0.427. The van der Waals surface area contributed by atoms with E-state index in [0.29, 0.717) is 23.7 Å². The van der Waals surface area contributed by atoms with E-state index >= 15 is 0 Å². The molecule has 1 aromatic rings. The largest absolute Gasteiger partial charge is 0.466 e. The molecule has 96 valence electrons. The summed E-state index contributed by atoms with van der Waals surface area (Å²) in [4.78, 5) is 15.2. The van der Waals surface area contributed by atoms with E-state index in [1.807, 2.05) is 0 Å². The van der Waals surface area contributed by atoms with Crippen molar-refractivity contribution in [2.24, 2.45) is 5.14 Å². The van der Waals surface area contributed by atoms with Crippen LogP contribution in [-0.4, -0.2) is 26.0 Å². The lowest BCUT2D eigenvalue weighted by Crippen LogP contribution is -2.14. The average molecular weight is 278 g/mol. The van der Waals surface area contributed by atoms with Gasteiger partial charge in [0.05, 0.1) is 18.7 Å². The molecule has 0 aliphatic rings. The van der Waals surface area contributed by atoms with Crippen LogP contribution in [0.25, 0.3) is 0 Å². The number of nitrogens with two attached hydrogens (primary N) is 1. The van der Waals surface area contributed by atoms with Crippen molar-refractivity contribution in [3.8, 4) is 0 Å². The number of ether oxygens (including phenoxy) is 1. The Morgan fingerprint density at radius 2 is 2.29 bits per heavy atom. The first kappa shape index (κ1) is 14.1. The Morgan fingerprint density at radius 1 is 1.59 bits per heavy atom. The zero-order chi connectivity index (χ0) is 12.9. The number of thiazole rings is 1.